The summed E-state index contributed by atoms with van der Waals surface area (Å²) in [7, 11) is 0. The molecule has 6 heteroatoms. The van der Waals surface area contributed by atoms with E-state index in [2.05, 4.69) is 40.2 Å². The molecule has 1 N–H and O–H groups in total. The van der Waals surface area contributed by atoms with Crippen LogP contribution in [0.25, 0.3) is 33.4 Å². The fourth-order valence-electron chi connectivity index (χ4n) is 6.97. The fraction of sp³-hybridized carbons (Fsp3) is 0.406. The summed E-state index contributed by atoms with van der Waals surface area (Å²) in [5.41, 5.74) is 11.1. The highest BCUT2D eigenvalue weighted by molar-refractivity contribution is 5.94. The maximum atomic E-state index is 13.6. The second kappa shape index (κ2) is 9.35. The van der Waals surface area contributed by atoms with E-state index in [0.717, 1.165) is 103 Å². The molecular weight excluding hydrogens is 474 g/mol. The fourth-order valence-corrected chi connectivity index (χ4v) is 6.97. The van der Waals surface area contributed by atoms with Gasteiger partial charge in [-0.3, -0.25) is 0 Å². The molecule has 4 aromatic rings. The van der Waals surface area contributed by atoms with Crippen molar-refractivity contribution < 1.29 is 9.52 Å². The Morgan fingerprint density at radius 1 is 0.947 bits per heavy atom. The highest BCUT2D eigenvalue weighted by Crippen LogP contribution is 2.42. The molecule has 7 rings (SSSR count). The number of anilines is 1. The van der Waals surface area contributed by atoms with Crippen molar-refractivity contribution in [2.75, 3.05) is 18.0 Å². The minimum absolute atomic E-state index is 0.249. The number of benzene rings is 2. The van der Waals surface area contributed by atoms with E-state index in [4.69, 9.17) is 4.42 Å². The third-order valence-electron chi connectivity index (χ3n) is 8.83. The molecule has 194 valence electrons. The van der Waals surface area contributed by atoms with E-state index in [1.165, 1.54) is 28.8 Å². The number of rotatable bonds is 2. The molecule has 0 bridgehead atoms. The molecule has 3 aliphatic rings. The van der Waals surface area contributed by atoms with Gasteiger partial charge in [0.1, 0.15) is 5.58 Å². The van der Waals surface area contributed by atoms with Crippen molar-refractivity contribution in [1.29, 1.82) is 0 Å². The third kappa shape index (κ3) is 3.85. The predicted octanol–water partition coefficient (Wildman–Crippen LogP) is 5.55. The Balaban J connectivity index is 1.36. The zero-order chi connectivity index (χ0) is 25.8. The summed E-state index contributed by atoms with van der Waals surface area (Å²) < 4.78 is 6.14. The number of aliphatic hydroxyl groups excluding tert-OH is 1. The molecule has 0 saturated carbocycles. The molecule has 1 atom stereocenters. The van der Waals surface area contributed by atoms with E-state index in [9.17, 15) is 9.90 Å². The van der Waals surface area contributed by atoms with Crippen molar-refractivity contribution in [3.05, 3.63) is 74.8 Å². The van der Waals surface area contributed by atoms with E-state index >= 15 is 0 Å². The first-order valence-corrected chi connectivity index (χ1v) is 14.1. The molecule has 38 heavy (non-hydrogen) atoms. The number of hydrogen-bond acceptors (Lipinski definition) is 6. The number of fused-ring (bicyclic) bond motifs is 3. The normalized spacial score (nSPS) is 19.0. The van der Waals surface area contributed by atoms with Crippen LogP contribution in [0.15, 0.2) is 45.7 Å². The highest BCUT2D eigenvalue weighted by Gasteiger charge is 2.28. The monoisotopic (exact) mass is 507 g/mol. The van der Waals surface area contributed by atoms with Crippen LogP contribution in [0.1, 0.15) is 59.9 Å². The van der Waals surface area contributed by atoms with Gasteiger partial charge in [0.05, 0.1) is 23.6 Å². The van der Waals surface area contributed by atoms with Crippen LogP contribution in [0.5, 0.6) is 0 Å². The van der Waals surface area contributed by atoms with Gasteiger partial charge in [-0.15, -0.1) is 0 Å². The molecule has 1 aliphatic carbocycles. The van der Waals surface area contributed by atoms with Gasteiger partial charge >= 0.3 is 5.63 Å². The van der Waals surface area contributed by atoms with Crippen LogP contribution >= 0.6 is 0 Å². The standard InChI is InChI=1S/C32H33N3O3/c1-19-27-17-22-8-4-14-35-15-5-11-26(30(22)35)31(27)38-32(37)28(19)20-6-2-7-21(16-20)29-25-10-3-9-24(36)13-12-23(25)18-33-34-29/h2,6-7,16-18,24,36H,3-5,8-15H2,1H3. The van der Waals surface area contributed by atoms with Crippen LogP contribution in [0, 0.1) is 6.92 Å². The smallest absolute Gasteiger partial charge is 0.344 e. The van der Waals surface area contributed by atoms with Crippen LogP contribution in [-0.2, 0) is 25.7 Å². The molecule has 0 fully saturated rings. The van der Waals surface area contributed by atoms with Gasteiger partial charge in [0, 0.05) is 35.3 Å². The Labute approximate surface area is 222 Å². The average molecular weight is 508 g/mol. The Hall–Kier alpha value is -3.51. The summed E-state index contributed by atoms with van der Waals surface area (Å²) in [6, 6.07) is 10.4. The SMILES string of the molecule is Cc1c(-c2cccc(-c3nncc4c3CCCC(O)CC4)c2)c(=O)oc2c3c4c(cc12)CCCN4CCC3. The van der Waals surface area contributed by atoms with Crippen molar-refractivity contribution in [1.82, 2.24) is 10.2 Å². The van der Waals surface area contributed by atoms with Crippen molar-refractivity contribution in [2.24, 2.45) is 0 Å². The van der Waals surface area contributed by atoms with Gasteiger partial charge < -0.3 is 14.4 Å². The molecule has 0 amide bonds. The molecule has 0 radical (unpaired) electrons. The molecule has 0 spiro atoms. The van der Waals surface area contributed by atoms with Gasteiger partial charge in [0.25, 0.3) is 0 Å². The lowest BCUT2D eigenvalue weighted by Crippen LogP contribution is -2.34. The number of nitrogens with zero attached hydrogens (tertiary/aromatic N) is 3. The zero-order valence-electron chi connectivity index (χ0n) is 21.9. The summed E-state index contributed by atoms with van der Waals surface area (Å²) in [5.74, 6) is 0. The van der Waals surface area contributed by atoms with Gasteiger partial charge in [-0.1, -0.05) is 18.2 Å². The Morgan fingerprint density at radius 2 is 1.76 bits per heavy atom. The number of hydrogen-bond donors (Lipinski definition) is 1. The molecule has 4 heterocycles. The minimum atomic E-state index is -0.278. The Bertz CT molecular complexity index is 1620. The van der Waals surface area contributed by atoms with Crippen LogP contribution in [0.2, 0.25) is 0 Å². The predicted molar refractivity (Wildman–Crippen MR) is 150 cm³/mol. The first kappa shape index (κ1) is 23.6. The molecule has 0 saturated heterocycles. The number of aliphatic hydroxyl groups is 1. The summed E-state index contributed by atoms with van der Waals surface area (Å²) in [5, 5.41) is 20.1. The molecule has 1 unspecified atom stereocenters. The third-order valence-corrected chi connectivity index (χ3v) is 8.83. The molecule has 6 nitrogen and oxygen atoms in total. The van der Waals surface area contributed by atoms with E-state index in [0.29, 0.717) is 5.56 Å². The lowest BCUT2D eigenvalue weighted by atomic mass is 9.87. The Kier molecular flexibility index (Phi) is 5.81. The number of aromatic nitrogens is 2. The Morgan fingerprint density at radius 3 is 2.66 bits per heavy atom. The van der Waals surface area contributed by atoms with Crippen molar-refractivity contribution in [3.63, 3.8) is 0 Å². The minimum Gasteiger partial charge on any atom is -0.422 e. The summed E-state index contributed by atoms with van der Waals surface area (Å²) in [4.78, 5) is 16.0. The lowest BCUT2D eigenvalue weighted by molar-refractivity contribution is 0.150. The molecule has 2 aromatic heterocycles. The maximum Gasteiger partial charge on any atom is 0.344 e. The second-order valence-corrected chi connectivity index (χ2v) is 11.2. The van der Waals surface area contributed by atoms with Crippen molar-refractivity contribution in [3.8, 4) is 22.4 Å². The quantitative estimate of drug-likeness (QED) is 0.358. The van der Waals surface area contributed by atoms with Crippen LogP contribution in [0.4, 0.5) is 5.69 Å². The van der Waals surface area contributed by atoms with Gasteiger partial charge in [0.2, 0.25) is 0 Å². The molecule has 2 aliphatic heterocycles. The highest BCUT2D eigenvalue weighted by atomic mass is 16.4. The first-order chi connectivity index (χ1) is 18.6. The summed E-state index contributed by atoms with van der Waals surface area (Å²) in [6.07, 6.45) is 10.0. The van der Waals surface area contributed by atoms with Crippen molar-refractivity contribution >= 4 is 16.7 Å². The average Bonchev–Trinajstić information content (AvgIpc) is 2.92. The maximum absolute atomic E-state index is 13.6. The molecular formula is C32H33N3O3. The van der Waals surface area contributed by atoms with Gasteiger partial charge in [-0.25, -0.2) is 4.79 Å². The van der Waals surface area contributed by atoms with Crippen LogP contribution in [0.3, 0.4) is 0 Å². The topological polar surface area (TPSA) is 79.5 Å². The van der Waals surface area contributed by atoms with Crippen LogP contribution < -0.4 is 10.5 Å². The largest absolute Gasteiger partial charge is 0.422 e. The van der Waals surface area contributed by atoms with E-state index in [-0.39, 0.29) is 11.7 Å². The van der Waals surface area contributed by atoms with E-state index in [1.807, 2.05) is 18.3 Å². The first-order valence-electron chi connectivity index (χ1n) is 14.1. The lowest BCUT2D eigenvalue weighted by Gasteiger charge is -2.37. The van der Waals surface area contributed by atoms with E-state index < -0.39 is 0 Å². The zero-order valence-corrected chi connectivity index (χ0v) is 21.9. The van der Waals surface area contributed by atoms with Crippen molar-refractivity contribution in [2.45, 2.75) is 70.8 Å². The van der Waals surface area contributed by atoms with Gasteiger partial charge in [-0.05, 0) is 105 Å². The summed E-state index contributed by atoms with van der Waals surface area (Å²) >= 11 is 0. The summed E-state index contributed by atoms with van der Waals surface area (Å²) in [6.45, 7) is 4.24. The van der Waals surface area contributed by atoms with Gasteiger partial charge in [0.15, 0.2) is 0 Å². The van der Waals surface area contributed by atoms with Gasteiger partial charge in [-0.2, -0.15) is 10.2 Å². The second-order valence-electron chi connectivity index (χ2n) is 11.2. The number of aryl methyl sites for hydroxylation is 4. The van der Waals surface area contributed by atoms with Crippen LogP contribution in [-0.4, -0.2) is 34.5 Å². The molecule has 2 aromatic carbocycles. The van der Waals surface area contributed by atoms with E-state index in [1.54, 1.807) is 0 Å².